The Hall–Kier alpha value is -2.77. The van der Waals surface area contributed by atoms with Crippen LogP contribution in [0.4, 0.5) is 24.5 Å². The molecule has 0 bridgehead atoms. The third-order valence-corrected chi connectivity index (χ3v) is 2.96. The van der Waals surface area contributed by atoms with Crippen LogP contribution in [0, 0.1) is 15.9 Å². The molecular formula is C14H11F3N2O3. The Bertz CT molecular complexity index is 708. The predicted octanol–water partition coefficient (Wildman–Crippen LogP) is 3.51. The Morgan fingerprint density at radius 2 is 2.00 bits per heavy atom. The first-order valence-corrected chi connectivity index (χ1v) is 6.13. The maximum Gasteiger partial charge on any atom is 0.387 e. The van der Waals surface area contributed by atoms with Gasteiger partial charge in [-0.05, 0) is 23.8 Å². The fourth-order valence-electron chi connectivity index (χ4n) is 2.00. The van der Waals surface area contributed by atoms with Crippen molar-refractivity contribution >= 4 is 11.4 Å². The molecule has 0 saturated heterocycles. The van der Waals surface area contributed by atoms with Crippen LogP contribution in [0.3, 0.4) is 0 Å². The van der Waals surface area contributed by atoms with E-state index in [1.54, 1.807) is 0 Å². The van der Waals surface area contributed by atoms with Gasteiger partial charge in [0.25, 0.3) is 5.69 Å². The highest BCUT2D eigenvalue weighted by Gasteiger charge is 2.16. The highest BCUT2D eigenvalue weighted by atomic mass is 19.3. The van der Waals surface area contributed by atoms with Crippen LogP contribution in [0.25, 0.3) is 0 Å². The Balaban J connectivity index is 2.34. The zero-order chi connectivity index (χ0) is 16.3. The number of hydrogen-bond donors (Lipinski definition) is 1. The minimum Gasteiger partial charge on any atom is -0.434 e. The van der Waals surface area contributed by atoms with Crippen LogP contribution in [-0.4, -0.2) is 11.5 Å². The quantitative estimate of drug-likeness (QED) is 0.520. The van der Waals surface area contributed by atoms with Crippen molar-refractivity contribution in [2.75, 3.05) is 5.73 Å². The lowest BCUT2D eigenvalue weighted by molar-refractivity contribution is -0.383. The molecule has 0 aromatic heterocycles. The average molecular weight is 312 g/mol. The Kier molecular flexibility index (Phi) is 4.50. The molecule has 0 fully saturated rings. The molecule has 8 heteroatoms. The van der Waals surface area contributed by atoms with Gasteiger partial charge < -0.3 is 10.5 Å². The lowest BCUT2D eigenvalue weighted by atomic mass is 10.0. The average Bonchev–Trinajstić information content (AvgIpc) is 2.41. The van der Waals surface area contributed by atoms with Crippen LogP contribution >= 0.6 is 0 Å². The van der Waals surface area contributed by atoms with E-state index in [4.69, 9.17) is 5.73 Å². The Morgan fingerprint density at radius 3 is 2.59 bits per heavy atom. The van der Waals surface area contributed by atoms with E-state index in [2.05, 4.69) is 4.74 Å². The third kappa shape index (κ3) is 3.46. The summed E-state index contributed by atoms with van der Waals surface area (Å²) in [6.07, 6.45) is -0.0864. The van der Waals surface area contributed by atoms with E-state index in [0.29, 0.717) is 5.56 Å². The molecule has 0 aliphatic rings. The number of alkyl halides is 2. The lowest BCUT2D eigenvalue weighted by Crippen LogP contribution is -2.06. The lowest BCUT2D eigenvalue weighted by Gasteiger charge is -2.12. The molecule has 116 valence electrons. The number of nitro groups is 1. The summed E-state index contributed by atoms with van der Waals surface area (Å²) >= 11 is 0. The summed E-state index contributed by atoms with van der Waals surface area (Å²) in [5.74, 6) is -0.998. The molecule has 0 atom stereocenters. The normalized spacial score (nSPS) is 10.7. The SMILES string of the molecule is Nc1cc(Cc2c(F)cccc2OC(F)F)ccc1[N+](=O)[O-]. The maximum absolute atomic E-state index is 13.8. The number of nitro benzene ring substituents is 1. The second-order valence-electron chi connectivity index (χ2n) is 4.42. The molecular weight excluding hydrogens is 301 g/mol. The Morgan fingerprint density at radius 1 is 1.27 bits per heavy atom. The van der Waals surface area contributed by atoms with Gasteiger partial charge in [0.15, 0.2) is 0 Å². The Labute approximate surface area is 123 Å². The van der Waals surface area contributed by atoms with E-state index in [1.807, 2.05) is 0 Å². The third-order valence-electron chi connectivity index (χ3n) is 2.96. The highest BCUT2D eigenvalue weighted by Crippen LogP contribution is 2.28. The summed E-state index contributed by atoms with van der Waals surface area (Å²) in [6, 6.07) is 7.45. The molecule has 2 N–H and O–H groups in total. The molecule has 2 aromatic carbocycles. The van der Waals surface area contributed by atoms with Crippen molar-refractivity contribution in [3.8, 4) is 5.75 Å². The van der Waals surface area contributed by atoms with Crippen molar-refractivity contribution in [3.63, 3.8) is 0 Å². The van der Waals surface area contributed by atoms with Crippen molar-refractivity contribution in [1.29, 1.82) is 0 Å². The van der Waals surface area contributed by atoms with Gasteiger partial charge in [0.1, 0.15) is 17.3 Å². The van der Waals surface area contributed by atoms with Crippen LogP contribution in [-0.2, 0) is 6.42 Å². The number of halogens is 3. The van der Waals surface area contributed by atoms with Gasteiger partial charge in [-0.2, -0.15) is 8.78 Å². The molecule has 2 rings (SSSR count). The van der Waals surface area contributed by atoms with E-state index < -0.39 is 17.4 Å². The predicted molar refractivity (Wildman–Crippen MR) is 73.3 cm³/mol. The van der Waals surface area contributed by atoms with Crippen molar-refractivity contribution < 1.29 is 22.8 Å². The van der Waals surface area contributed by atoms with Crippen molar-refractivity contribution in [1.82, 2.24) is 0 Å². The van der Waals surface area contributed by atoms with E-state index in [-0.39, 0.29) is 29.1 Å². The van der Waals surface area contributed by atoms with Gasteiger partial charge in [0.05, 0.1) is 4.92 Å². The zero-order valence-corrected chi connectivity index (χ0v) is 11.1. The number of benzene rings is 2. The largest absolute Gasteiger partial charge is 0.434 e. The topological polar surface area (TPSA) is 78.4 Å². The first-order chi connectivity index (χ1) is 10.4. The summed E-state index contributed by atoms with van der Waals surface area (Å²) in [5, 5.41) is 10.7. The van der Waals surface area contributed by atoms with Crippen molar-refractivity contribution in [2.24, 2.45) is 0 Å². The van der Waals surface area contributed by atoms with Crippen LogP contribution in [0.2, 0.25) is 0 Å². The van der Waals surface area contributed by atoms with Gasteiger partial charge in [-0.3, -0.25) is 10.1 Å². The van der Waals surface area contributed by atoms with Gasteiger partial charge in [-0.25, -0.2) is 4.39 Å². The summed E-state index contributed by atoms with van der Waals surface area (Å²) in [6.45, 7) is -3.08. The summed E-state index contributed by atoms with van der Waals surface area (Å²) in [7, 11) is 0. The smallest absolute Gasteiger partial charge is 0.387 e. The number of anilines is 1. The number of ether oxygens (including phenoxy) is 1. The molecule has 0 saturated carbocycles. The van der Waals surface area contributed by atoms with Gasteiger partial charge in [-0.1, -0.05) is 12.1 Å². The standard InChI is InChI=1S/C14H11F3N2O3/c15-10-2-1-3-13(22-14(16)17)9(10)6-8-4-5-12(19(20)21)11(18)7-8/h1-5,7,14H,6,18H2. The van der Waals surface area contributed by atoms with E-state index in [1.165, 1.54) is 30.3 Å². The molecule has 22 heavy (non-hydrogen) atoms. The summed E-state index contributed by atoms with van der Waals surface area (Å²) in [4.78, 5) is 10.0. The second-order valence-corrected chi connectivity index (χ2v) is 4.42. The van der Waals surface area contributed by atoms with E-state index in [0.717, 1.165) is 6.07 Å². The first kappa shape index (κ1) is 15.6. The van der Waals surface area contributed by atoms with Gasteiger partial charge >= 0.3 is 6.61 Å². The fourth-order valence-corrected chi connectivity index (χ4v) is 2.00. The molecule has 0 unspecified atom stereocenters. The number of hydrogen-bond acceptors (Lipinski definition) is 4. The molecule has 2 aromatic rings. The number of nitrogens with two attached hydrogens (primary N) is 1. The monoisotopic (exact) mass is 312 g/mol. The summed E-state index contributed by atoms with van der Waals surface area (Å²) in [5.41, 5.74) is 5.55. The van der Waals surface area contributed by atoms with Crippen LogP contribution in [0.1, 0.15) is 11.1 Å². The minimum absolute atomic E-state index is 0.0731. The van der Waals surface area contributed by atoms with E-state index >= 15 is 0 Å². The summed E-state index contributed by atoms with van der Waals surface area (Å²) < 4.78 is 42.8. The van der Waals surface area contributed by atoms with Crippen molar-refractivity contribution in [3.05, 3.63) is 63.5 Å². The first-order valence-electron chi connectivity index (χ1n) is 6.13. The maximum atomic E-state index is 13.8. The molecule has 0 aliphatic heterocycles. The number of nitrogen functional groups attached to an aromatic ring is 1. The zero-order valence-electron chi connectivity index (χ0n) is 11.1. The number of nitrogens with zero attached hydrogens (tertiary/aromatic N) is 1. The second kappa shape index (κ2) is 6.33. The van der Waals surface area contributed by atoms with Gasteiger partial charge in [0.2, 0.25) is 0 Å². The van der Waals surface area contributed by atoms with Crippen LogP contribution in [0.15, 0.2) is 36.4 Å². The highest BCUT2D eigenvalue weighted by molar-refractivity contribution is 5.60. The van der Waals surface area contributed by atoms with Crippen molar-refractivity contribution in [2.45, 2.75) is 13.0 Å². The number of rotatable bonds is 5. The van der Waals surface area contributed by atoms with E-state index in [9.17, 15) is 23.3 Å². The van der Waals surface area contributed by atoms with Crippen LogP contribution < -0.4 is 10.5 Å². The molecule has 5 nitrogen and oxygen atoms in total. The molecule has 0 spiro atoms. The molecule has 0 radical (unpaired) electrons. The molecule has 0 heterocycles. The van der Waals surface area contributed by atoms with Gasteiger partial charge in [-0.15, -0.1) is 0 Å². The molecule has 0 aliphatic carbocycles. The molecule has 0 amide bonds. The van der Waals surface area contributed by atoms with Crippen LogP contribution in [0.5, 0.6) is 5.75 Å². The van der Waals surface area contributed by atoms with Gasteiger partial charge in [0, 0.05) is 18.1 Å². The fraction of sp³-hybridized carbons (Fsp3) is 0.143. The minimum atomic E-state index is -3.08.